The molecule has 6 heteroatoms. The summed E-state index contributed by atoms with van der Waals surface area (Å²) in [5.41, 5.74) is 10.8. The standard InChI is InChI=1S/C39H35N2S.C15H18GeN.Ir/c1-23(2)31-21-28(27-13-8-7-9-14-27)22-32(24(3)4)37(31)41-35-18-11-10-17-34(35)40-39(41)30-16-12-15-29-33-19-25(5)26(6)20-36(33)42-38(29)30;1-12-5-7-13(8-6-12)15-10-9-14(11-17-15)16(2,3)4;/h7-15,17-24H,1-6H3;5-7,9-11H,1-4H3;/q2*-1;/i23D,24D;1D3,5D,6D;. The predicted molar refractivity (Wildman–Crippen MR) is 258 cm³/mol. The van der Waals surface area contributed by atoms with Gasteiger partial charge in [0, 0.05) is 33.2 Å². The summed E-state index contributed by atoms with van der Waals surface area (Å²) in [4.78, 5) is 9.66. The molecular weight excluding hydrogens is 988 g/mol. The number of rotatable bonds is 7. The Morgan fingerprint density at radius 1 is 0.783 bits per heavy atom. The molecule has 0 aliphatic carbocycles. The van der Waals surface area contributed by atoms with Gasteiger partial charge in [-0.05, 0) is 99.4 Å². The van der Waals surface area contributed by atoms with Crippen molar-refractivity contribution in [2.45, 2.75) is 77.5 Å². The Labute approximate surface area is 386 Å². The Balaban J connectivity index is 0.000000245. The molecule has 0 atom stereocenters. The summed E-state index contributed by atoms with van der Waals surface area (Å²) in [5.74, 6) is 5.70. The summed E-state index contributed by atoms with van der Waals surface area (Å²) < 4.78 is 62.6. The maximum Gasteiger partial charge on any atom is 0 e. The van der Waals surface area contributed by atoms with Gasteiger partial charge in [0.25, 0.3) is 0 Å². The molecule has 1 radical (unpaired) electrons. The second kappa shape index (κ2) is 17.8. The van der Waals surface area contributed by atoms with Gasteiger partial charge in [0.2, 0.25) is 0 Å². The van der Waals surface area contributed by atoms with E-state index >= 15 is 0 Å². The fraction of sp³-hybridized carbons (Fsp3) is 0.222. The first kappa shape index (κ1) is 35.0. The van der Waals surface area contributed by atoms with Gasteiger partial charge in [0.15, 0.2) is 0 Å². The average Bonchev–Trinajstić information content (AvgIpc) is 3.80. The van der Waals surface area contributed by atoms with E-state index in [2.05, 4.69) is 101 Å². The van der Waals surface area contributed by atoms with Crippen LogP contribution in [0.15, 0.2) is 127 Å². The zero-order chi connectivity index (χ0) is 47.7. The maximum atomic E-state index is 9.40. The maximum absolute atomic E-state index is 9.40. The molecule has 0 saturated carbocycles. The molecular formula is C54H53GeIrN3S-2. The molecule has 0 aliphatic rings. The number of aryl methyl sites for hydroxylation is 2. The molecule has 0 spiro atoms. The van der Waals surface area contributed by atoms with Crippen molar-refractivity contribution in [3.8, 4) is 39.5 Å². The van der Waals surface area contributed by atoms with Crippen LogP contribution in [-0.2, 0) is 20.1 Å². The Morgan fingerprint density at radius 3 is 2.13 bits per heavy atom. The van der Waals surface area contributed by atoms with Crippen LogP contribution in [0.25, 0.3) is 70.7 Å². The fourth-order valence-corrected chi connectivity index (χ4v) is 10.9. The zero-order valence-corrected chi connectivity index (χ0v) is 40.9. The van der Waals surface area contributed by atoms with Crippen molar-refractivity contribution < 1.29 is 29.7 Å². The van der Waals surface area contributed by atoms with Crippen LogP contribution in [0.5, 0.6) is 0 Å². The van der Waals surface area contributed by atoms with Crippen LogP contribution in [0.2, 0.25) is 17.3 Å². The molecule has 3 heterocycles. The second-order valence-corrected chi connectivity index (χ2v) is 28.4. The van der Waals surface area contributed by atoms with Crippen LogP contribution in [0.3, 0.4) is 0 Å². The van der Waals surface area contributed by atoms with E-state index in [1.165, 1.54) is 37.1 Å². The largest absolute Gasteiger partial charge is 0 e. The van der Waals surface area contributed by atoms with Crippen molar-refractivity contribution in [2.75, 3.05) is 0 Å². The van der Waals surface area contributed by atoms with Gasteiger partial charge >= 0.3 is 113 Å². The molecule has 0 fully saturated rings. The predicted octanol–water partition coefficient (Wildman–Crippen LogP) is 14.8. The number of benzene rings is 6. The smallest absolute Gasteiger partial charge is 0 e. The number of para-hydroxylation sites is 2. The van der Waals surface area contributed by atoms with Crippen molar-refractivity contribution in [3.63, 3.8) is 0 Å². The summed E-state index contributed by atoms with van der Waals surface area (Å²) >= 11 is -0.151. The van der Waals surface area contributed by atoms with Crippen molar-refractivity contribution in [1.29, 1.82) is 0 Å². The zero-order valence-electron chi connectivity index (χ0n) is 42.6. The van der Waals surface area contributed by atoms with Crippen LogP contribution in [0.4, 0.5) is 0 Å². The van der Waals surface area contributed by atoms with Crippen LogP contribution < -0.4 is 4.40 Å². The quantitative estimate of drug-likeness (QED) is 0.118. The third-order valence-electron chi connectivity index (χ3n) is 10.9. The first-order valence-electron chi connectivity index (χ1n) is 23.5. The van der Waals surface area contributed by atoms with Crippen molar-refractivity contribution in [1.82, 2.24) is 14.5 Å². The molecule has 0 amide bonds. The van der Waals surface area contributed by atoms with Gasteiger partial charge in [-0.25, -0.2) is 0 Å². The Morgan fingerprint density at radius 2 is 1.48 bits per heavy atom. The number of imidazole rings is 1. The molecule has 6 aromatic carbocycles. The summed E-state index contributed by atoms with van der Waals surface area (Å²) in [5, 5.41) is 2.45. The molecule has 3 nitrogen and oxygen atoms in total. The summed E-state index contributed by atoms with van der Waals surface area (Å²) in [6, 6.07) is 42.7. The third kappa shape index (κ3) is 8.61. The van der Waals surface area contributed by atoms with Crippen LogP contribution in [-0.4, -0.2) is 27.8 Å². The number of hydrogen-bond donors (Lipinski definition) is 0. The topological polar surface area (TPSA) is 30.7 Å². The van der Waals surface area contributed by atoms with E-state index < -0.39 is 31.9 Å². The number of nitrogens with zero attached hydrogens (tertiary/aromatic N) is 3. The van der Waals surface area contributed by atoms with Gasteiger partial charge < -0.3 is 4.57 Å². The monoisotopic (exact) mass is 1050 g/mol. The fourth-order valence-electron chi connectivity index (χ4n) is 7.50. The number of pyridine rings is 1. The van der Waals surface area contributed by atoms with Gasteiger partial charge in [-0.15, -0.1) is 18.2 Å². The minimum atomic E-state index is -2.47. The minimum Gasteiger partial charge on any atom is 0 e. The Kier molecular flexibility index (Phi) is 10.4. The SMILES string of the molecule is [2H]C(C)(C)c1cc(-c2ccccc2)cc(C([2H])(C)C)c1-n1c(-c2[c-]ccc3c2sc2cc(C)c(C)cc23)nc2ccccc21.[2H]c1[c-]c(-c2cc[c]([Ge]([CH3])([CH3])[CH3])cn2)cc([2H])c1C([2H])([2H])[2H].[Ir]. The molecule has 0 unspecified atom stereocenters. The van der Waals surface area contributed by atoms with E-state index in [1.807, 2.05) is 88.5 Å². The average molecular weight is 1050 g/mol. The van der Waals surface area contributed by atoms with Crippen molar-refractivity contribution >= 4 is 60.2 Å². The molecule has 9 aromatic rings. The molecule has 0 bridgehead atoms. The molecule has 0 saturated heterocycles. The van der Waals surface area contributed by atoms with Gasteiger partial charge in [-0.2, -0.15) is 11.3 Å². The van der Waals surface area contributed by atoms with Crippen LogP contribution in [0.1, 0.15) is 76.9 Å². The minimum absolute atomic E-state index is 0. The first-order valence-corrected chi connectivity index (χ1v) is 28.2. The van der Waals surface area contributed by atoms with E-state index in [0.717, 1.165) is 55.1 Å². The van der Waals surface area contributed by atoms with Gasteiger partial charge in [-0.3, -0.25) is 4.98 Å². The number of fused-ring (bicyclic) bond motifs is 4. The molecule has 0 N–H and O–H groups in total. The van der Waals surface area contributed by atoms with E-state index in [-0.39, 0.29) is 37.8 Å². The number of aromatic nitrogens is 3. The van der Waals surface area contributed by atoms with Crippen LogP contribution >= 0.6 is 11.3 Å². The molecule has 60 heavy (non-hydrogen) atoms. The summed E-state index contributed by atoms with van der Waals surface area (Å²) in [6.07, 6.45) is 1.84. The first-order chi connectivity index (χ1) is 30.9. The van der Waals surface area contributed by atoms with Crippen LogP contribution in [0, 0.1) is 32.8 Å². The van der Waals surface area contributed by atoms with E-state index in [0.29, 0.717) is 11.3 Å². The number of thiophene rings is 1. The van der Waals surface area contributed by atoms with Gasteiger partial charge in [0.05, 0.1) is 16.9 Å². The summed E-state index contributed by atoms with van der Waals surface area (Å²) in [6.45, 7) is 9.60. The van der Waals surface area contributed by atoms with Gasteiger partial charge in [-0.1, -0.05) is 87.2 Å². The van der Waals surface area contributed by atoms with E-state index in [1.54, 1.807) is 11.3 Å². The molecule has 0 aliphatic heterocycles. The second-order valence-electron chi connectivity index (χ2n) is 16.7. The number of hydrogen-bond acceptors (Lipinski definition) is 3. The van der Waals surface area contributed by atoms with E-state index in [4.69, 9.17) is 11.8 Å². The van der Waals surface area contributed by atoms with E-state index in [9.17, 15) is 2.74 Å². The summed E-state index contributed by atoms with van der Waals surface area (Å²) in [7, 11) is 0. The Hall–Kier alpha value is -4.65. The molecule has 9 rings (SSSR count). The molecule has 3 aromatic heterocycles. The van der Waals surface area contributed by atoms with Gasteiger partial charge in [0.1, 0.15) is 0 Å². The normalized spacial score (nSPS) is 13.9. The molecule has 305 valence electrons. The Bertz CT molecular complexity index is 3230. The third-order valence-corrected chi connectivity index (χ3v) is 16.4. The van der Waals surface area contributed by atoms with Crippen molar-refractivity contribution in [2.24, 2.45) is 0 Å². The van der Waals surface area contributed by atoms with Crippen molar-refractivity contribution in [3.05, 3.63) is 167 Å².